The van der Waals surface area contributed by atoms with Gasteiger partial charge in [-0.1, -0.05) is 42.5 Å². The molecule has 0 spiro atoms. The molecule has 1 amide bonds. The molecule has 5 heteroatoms. The second kappa shape index (κ2) is 7.28. The van der Waals surface area contributed by atoms with E-state index in [1.807, 2.05) is 67.6 Å². The first-order valence-electron chi connectivity index (χ1n) is 9.58. The Bertz CT molecular complexity index is 1390. The maximum absolute atomic E-state index is 12.8. The zero-order chi connectivity index (χ0) is 20.7. The van der Waals surface area contributed by atoms with E-state index in [4.69, 9.17) is 4.98 Å². The first kappa shape index (κ1) is 18.3. The standard InChI is InChI=1S/C25H18N2O2S/c1-15-6-2-3-7-20(15)26-24(29)19-13-18-12-17(11-10-16(18)14-22(19)28)25-27-21-8-4-5-9-23(21)30-25/h2-14,28H,1H3,(H,26,29). The highest BCUT2D eigenvalue weighted by molar-refractivity contribution is 7.21. The molecule has 2 N–H and O–H groups in total. The number of amides is 1. The molecule has 0 aliphatic heterocycles. The van der Waals surface area contributed by atoms with Crippen LogP contribution in [-0.4, -0.2) is 16.0 Å². The molecule has 0 saturated heterocycles. The van der Waals surface area contributed by atoms with Crippen LogP contribution < -0.4 is 5.32 Å². The lowest BCUT2D eigenvalue weighted by atomic mass is 10.0. The van der Waals surface area contributed by atoms with E-state index in [9.17, 15) is 9.90 Å². The van der Waals surface area contributed by atoms with E-state index in [-0.39, 0.29) is 17.2 Å². The van der Waals surface area contributed by atoms with Crippen molar-refractivity contribution >= 4 is 43.9 Å². The summed E-state index contributed by atoms with van der Waals surface area (Å²) in [5.74, 6) is -0.379. The minimum atomic E-state index is -0.339. The molecule has 30 heavy (non-hydrogen) atoms. The number of nitrogens with one attached hydrogen (secondary N) is 1. The van der Waals surface area contributed by atoms with Crippen LogP contribution >= 0.6 is 11.3 Å². The number of para-hydroxylation sites is 2. The summed E-state index contributed by atoms with van der Waals surface area (Å²) < 4.78 is 1.14. The molecule has 0 radical (unpaired) electrons. The fourth-order valence-corrected chi connectivity index (χ4v) is 4.46. The Labute approximate surface area is 177 Å². The average molecular weight is 410 g/mol. The second-order valence-corrected chi connectivity index (χ2v) is 8.22. The van der Waals surface area contributed by atoms with Gasteiger partial charge in [0.15, 0.2) is 0 Å². The van der Waals surface area contributed by atoms with Gasteiger partial charge >= 0.3 is 0 Å². The molecule has 0 saturated carbocycles. The van der Waals surface area contributed by atoms with Crippen molar-refractivity contribution in [3.05, 3.63) is 90.0 Å². The number of aryl methyl sites for hydroxylation is 1. The number of phenolic OH excluding ortho intramolecular Hbond substituents is 1. The van der Waals surface area contributed by atoms with Crippen molar-refractivity contribution in [1.29, 1.82) is 0 Å². The number of anilines is 1. The number of fused-ring (bicyclic) bond motifs is 2. The van der Waals surface area contributed by atoms with E-state index in [0.29, 0.717) is 0 Å². The molecule has 0 atom stereocenters. The Kier molecular flexibility index (Phi) is 4.45. The first-order chi connectivity index (χ1) is 14.6. The first-order valence-corrected chi connectivity index (χ1v) is 10.4. The Morgan fingerprint density at radius 1 is 0.933 bits per heavy atom. The maximum Gasteiger partial charge on any atom is 0.259 e. The number of rotatable bonds is 3. The highest BCUT2D eigenvalue weighted by Gasteiger charge is 2.15. The SMILES string of the molecule is Cc1ccccc1NC(=O)c1cc2cc(-c3nc4ccccc4s3)ccc2cc1O. The largest absolute Gasteiger partial charge is 0.507 e. The Hall–Kier alpha value is -3.70. The third-order valence-electron chi connectivity index (χ3n) is 5.13. The van der Waals surface area contributed by atoms with Gasteiger partial charge in [-0.15, -0.1) is 11.3 Å². The van der Waals surface area contributed by atoms with Gasteiger partial charge < -0.3 is 10.4 Å². The topological polar surface area (TPSA) is 62.2 Å². The summed E-state index contributed by atoms with van der Waals surface area (Å²) in [4.78, 5) is 17.5. The van der Waals surface area contributed by atoms with Crippen LogP contribution in [0.2, 0.25) is 0 Å². The lowest BCUT2D eigenvalue weighted by molar-refractivity contribution is 0.102. The summed E-state index contributed by atoms with van der Waals surface area (Å²) in [5, 5.41) is 16.0. The van der Waals surface area contributed by atoms with Crippen LogP contribution in [0, 0.1) is 6.92 Å². The van der Waals surface area contributed by atoms with Gasteiger partial charge in [0.25, 0.3) is 5.91 Å². The number of aromatic hydroxyl groups is 1. The van der Waals surface area contributed by atoms with Crippen molar-refractivity contribution in [1.82, 2.24) is 4.98 Å². The summed E-state index contributed by atoms with van der Waals surface area (Å²) in [5.41, 5.74) is 3.89. The maximum atomic E-state index is 12.8. The van der Waals surface area contributed by atoms with Gasteiger partial charge in [0.05, 0.1) is 15.8 Å². The zero-order valence-corrected chi connectivity index (χ0v) is 17.0. The van der Waals surface area contributed by atoms with E-state index in [2.05, 4.69) is 11.4 Å². The van der Waals surface area contributed by atoms with Crippen LogP contribution in [-0.2, 0) is 0 Å². The molecule has 0 unspecified atom stereocenters. The lowest BCUT2D eigenvalue weighted by Gasteiger charge is -2.11. The van der Waals surface area contributed by atoms with Gasteiger partial charge in [-0.3, -0.25) is 4.79 Å². The molecule has 0 aliphatic rings. The molecule has 0 fully saturated rings. The number of phenols is 1. The number of benzene rings is 4. The van der Waals surface area contributed by atoms with Crippen LogP contribution in [0.15, 0.2) is 78.9 Å². The molecular weight excluding hydrogens is 392 g/mol. The summed E-state index contributed by atoms with van der Waals surface area (Å²) in [6.45, 7) is 1.93. The van der Waals surface area contributed by atoms with Crippen molar-refractivity contribution in [3.8, 4) is 16.3 Å². The van der Waals surface area contributed by atoms with E-state index >= 15 is 0 Å². The van der Waals surface area contributed by atoms with E-state index in [0.717, 1.165) is 42.8 Å². The van der Waals surface area contributed by atoms with Crippen LogP contribution in [0.5, 0.6) is 5.75 Å². The van der Waals surface area contributed by atoms with Crippen LogP contribution in [0.3, 0.4) is 0 Å². The predicted molar refractivity (Wildman–Crippen MR) is 123 cm³/mol. The third kappa shape index (κ3) is 3.29. The summed E-state index contributed by atoms with van der Waals surface area (Å²) >= 11 is 1.64. The fourth-order valence-electron chi connectivity index (χ4n) is 3.50. The normalized spacial score (nSPS) is 11.1. The van der Waals surface area contributed by atoms with Gasteiger partial charge in [0, 0.05) is 11.3 Å². The number of aromatic nitrogens is 1. The summed E-state index contributed by atoms with van der Waals surface area (Å²) in [7, 11) is 0. The Morgan fingerprint density at radius 3 is 2.57 bits per heavy atom. The molecule has 1 heterocycles. The minimum Gasteiger partial charge on any atom is -0.507 e. The van der Waals surface area contributed by atoms with Crippen molar-refractivity contribution in [2.24, 2.45) is 0 Å². The van der Waals surface area contributed by atoms with Gasteiger partial charge in [-0.2, -0.15) is 0 Å². The molecule has 1 aromatic heterocycles. The quantitative estimate of drug-likeness (QED) is 0.363. The van der Waals surface area contributed by atoms with Crippen molar-refractivity contribution in [2.75, 3.05) is 5.32 Å². The van der Waals surface area contributed by atoms with E-state index in [1.165, 1.54) is 0 Å². The Balaban J connectivity index is 1.54. The molecule has 0 aliphatic carbocycles. The zero-order valence-electron chi connectivity index (χ0n) is 16.2. The number of hydrogen-bond donors (Lipinski definition) is 2. The molecule has 0 bridgehead atoms. The van der Waals surface area contributed by atoms with Gasteiger partial charge in [0.2, 0.25) is 0 Å². The summed E-state index contributed by atoms with van der Waals surface area (Å²) in [6, 6.07) is 24.9. The van der Waals surface area contributed by atoms with Gasteiger partial charge in [-0.25, -0.2) is 4.98 Å². The number of hydrogen-bond acceptors (Lipinski definition) is 4. The van der Waals surface area contributed by atoms with Crippen LogP contribution in [0.4, 0.5) is 5.69 Å². The average Bonchev–Trinajstić information content (AvgIpc) is 3.19. The Morgan fingerprint density at radius 2 is 1.73 bits per heavy atom. The molecule has 5 aromatic rings. The van der Waals surface area contributed by atoms with Crippen molar-refractivity contribution < 1.29 is 9.90 Å². The minimum absolute atomic E-state index is 0.0404. The van der Waals surface area contributed by atoms with Crippen molar-refractivity contribution in [2.45, 2.75) is 6.92 Å². The number of carbonyl (C=O) groups is 1. The lowest BCUT2D eigenvalue weighted by Crippen LogP contribution is -2.13. The molecule has 4 aromatic carbocycles. The third-order valence-corrected chi connectivity index (χ3v) is 6.22. The fraction of sp³-hybridized carbons (Fsp3) is 0.0400. The van der Waals surface area contributed by atoms with E-state index in [1.54, 1.807) is 23.5 Å². The number of nitrogens with zero attached hydrogens (tertiary/aromatic N) is 1. The number of carbonyl (C=O) groups excluding carboxylic acids is 1. The summed E-state index contributed by atoms with van der Waals surface area (Å²) in [6.07, 6.45) is 0. The van der Waals surface area contributed by atoms with Crippen LogP contribution in [0.1, 0.15) is 15.9 Å². The molecule has 146 valence electrons. The highest BCUT2D eigenvalue weighted by atomic mass is 32.1. The smallest absolute Gasteiger partial charge is 0.259 e. The van der Waals surface area contributed by atoms with Gasteiger partial charge in [-0.05, 0) is 59.7 Å². The monoisotopic (exact) mass is 410 g/mol. The predicted octanol–water partition coefficient (Wildman–Crippen LogP) is 6.38. The second-order valence-electron chi connectivity index (χ2n) is 7.19. The van der Waals surface area contributed by atoms with Crippen molar-refractivity contribution in [3.63, 3.8) is 0 Å². The molecule has 5 rings (SSSR count). The number of thiazole rings is 1. The van der Waals surface area contributed by atoms with E-state index < -0.39 is 0 Å². The molecular formula is C25H18N2O2S. The molecule has 4 nitrogen and oxygen atoms in total. The highest BCUT2D eigenvalue weighted by Crippen LogP contribution is 2.33. The van der Waals surface area contributed by atoms with Crippen LogP contribution in [0.25, 0.3) is 31.6 Å². The van der Waals surface area contributed by atoms with Gasteiger partial charge in [0.1, 0.15) is 10.8 Å².